The SMILES string of the molecule is CCNC(C)c1ccn(Cc2noc(CC)n2)c1. The van der Waals surface area contributed by atoms with Crippen LogP contribution in [0.1, 0.15) is 44.1 Å². The highest BCUT2D eigenvalue weighted by atomic mass is 16.5. The summed E-state index contributed by atoms with van der Waals surface area (Å²) < 4.78 is 7.17. The molecule has 1 N–H and O–H groups in total. The van der Waals surface area contributed by atoms with E-state index in [0.717, 1.165) is 18.8 Å². The van der Waals surface area contributed by atoms with Gasteiger partial charge in [0.15, 0.2) is 5.82 Å². The number of hydrogen-bond donors (Lipinski definition) is 1. The molecule has 0 aliphatic rings. The molecule has 18 heavy (non-hydrogen) atoms. The van der Waals surface area contributed by atoms with Gasteiger partial charge >= 0.3 is 0 Å². The van der Waals surface area contributed by atoms with Crippen molar-refractivity contribution in [2.24, 2.45) is 0 Å². The van der Waals surface area contributed by atoms with Gasteiger partial charge in [0.2, 0.25) is 5.89 Å². The van der Waals surface area contributed by atoms with E-state index in [0.29, 0.717) is 18.5 Å². The van der Waals surface area contributed by atoms with Crippen LogP contribution in [0.25, 0.3) is 0 Å². The van der Waals surface area contributed by atoms with Gasteiger partial charge in [-0.1, -0.05) is 19.0 Å². The summed E-state index contributed by atoms with van der Waals surface area (Å²) in [5.41, 5.74) is 1.27. The summed E-state index contributed by atoms with van der Waals surface area (Å²) in [4.78, 5) is 4.30. The van der Waals surface area contributed by atoms with Crippen LogP contribution in [0.2, 0.25) is 0 Å². The monoisotopic (exact) mass is 248 g/mol. The fourth-order valence-electron chi connectivity index (χ4n) is 1.90. The van der Waals surface area contributed by atoms with Gasteiger partial charge in [0.25, 0.3) is 0 Å². The average Bonchev–Trinajstić information content (AvgIpc) is 2.99. The first-order valence-corrected chi connectivity index (χ1v) is 6.43. The van der Waals surface area contributed by atoms with Crippen molar-refractivity contribution in [1.82, 2.24) is 20.0 Å². The Morgan fingerprint density at radius 1 is 1.44 bits per heavy atom. The zero-order valence-electron chi connectivity index (χ0n) is 11.2. The number of nitrogens with zero attached hydrogens (tertiary/aromatic N) is 3. The molecule has 1 unspecified atom stereocenters. The molecule has 98 valence electrons. The van der Waals surface area contributed by atoms with Crippen LogP contribution in [-0.2, 0) is 13.0 Å². The van der Waals surface area contributed by atoms with E-state index in [1.807, 2.05) is 13.1 Å². The summed E-state index contributed by atoms with van der Waals surface area (Å²) in [6.45, 7) is 7.90. The quantitative estimate of drug-likeness (QED) is 0.851. The third kappa shape index (κ3) is 2.98. The number of aromatic nitrogens is 3. The van der Waals surface area contributed by atoms with E-state index in [2.05, 4.69) is 46.1 Å². The fraction of sp³-hybridized carbons (Fsp3) is 0.538. The van der Waals surface area contributed by atoms with Crippen molar-refractivity contribution in [1.29, 1.82) is 0 Å². The van der Waals surface area contributed by atoms with Crippen molar-refractivity contribution in [2.45, 2.75) is 39.8 Å². The topological polar surface area (TPSA) is 55.9 Å². The van der Waals surface area contributed by atoms with Crippen molar-refractivity contribution < 1.29 is 4.52 Å². The minimum atomic E-state index is 0.368. The summed E-state index contributed by atoms with van der Waals surface area (Å²) in [5, 5.41) is 7.34. The maximum absolute atomic E-state index is 5.09. The number of aryl methyl sites for hydroxylation is 1. The molecule has 0 aliphatic carbocycles. The van der Waals surface area contributed by atoms with E-state index in [1.165, 1.54) is 5.56 Å². The zero-order valence-corrected chi connectivity index (χ0v) is 11.2. The minimum Gasteiger partial charge on any atom is -0.346 e. The second kappa shape index (κ2) is 5.82. The first-order valence-electron chi connectivity index (χ1n) is 6.43. The predicted molar refractivity (Wildman–Crippen MR) is 69.3 cm³/mol. The van der Waals surface area contributed by atoms with Crippen LogP contribution in [0.15, 0.2) is 23.0 Å². The van der Waals surface area contributed by atoms with Crippen molar-refractivity contribution >= 4 is 0 Å². The third-order valence-electron chi connectivity index (χ3n) is 2.92. The van der Waals surface area contributed by atoms with Gasteiger partial charge < -0.3 is 14.4 Å². The molecule has 0 aromatic carbocycles. The minimum absolute atomic E-state index is 0.368. The Morgan fingerprint density at radius 3 is 2.94 bits per heavy atom. The molecule has 2 heterocycles. The fourth-order valence-corrected chi connectivity index (χ4v) is 1.90. The maximum Gasteiger partial charge on any atom is 0.226 e. The van der Waals surface area contributed by atoms with Gasteiger partial charge in [-0.2, -0.15) is 4.98 Å². The molecule has 0 spiro atoms. The Hall–Kier alpha value is -1.62. The van der Waals surface area contributed by atoms with Gasteiger partial charge in [-0.25, -0.2) is 0 Å². The van der Waals surface area contributed by atoms with E-state index in [9.17, 15) is 0 Å². The molecule has 0 saturated carbocycles. The first-order chi connectivity index (χ1) is 8.72. The molecular formula is C13H20N4O. The van der Waals surface area contributed by atoms with Gasteiger partial charge in [0.1, 0.15) is 0 Å². The zero-order chi connectivity index (χ0) is 13.0. The van der Waals surface area contributed by atoms with Crippen LogP contribution in [0.4, 0.5) is 0 Å². The van der Waals surface area contributed by atoms with E-state index < -0.39 is 0 Å². The highest BCUT2D eigenvalue weighted by Gasteiger charge is 2.08. The van der Waals surface area contributed by atoms with E-state index in [4.69, 9.17) is 4.52 Å². The molecule has 5 nitrogen and oxygen atoms in total. The summed E-state index contributed by atoms with van der Waals surface area (Å²) in [6, 6.07) is 2.49. The van der Waals surface area contributed by atoms with Gasteiger partial charge in [0.05, 0.1) is 6.54 Å². The summed E-state index contributed by atoms with van der Waals surface area (Å²) in [5.74, 6) is 1.42. The van der Waals surface area contributed by atoms with Crippen LogP contribution < -0.4 is 5.32 Å². The van der Waals surface area contributed by atoms with E-state index in [1.54, 1.807) is 0 Å². The van der Waals surface area contributed by atoms with Crippen molar-refractivity contribution in [3.05, 3.63) is 35.7 Å². The molecule has 0 aliphatic heterocycles. The van der Waals surface area contributed by atoms with Crippen molar-refractivity contribution in [3.8, 4) is 0 Å². The second-order valence-corrected chi connectivity index (χ2v) is 4.35. The second-order valence-electron chi connectivity index (χ2n) is 4.35. The summed E-state index contributed by atoms with van der Waals surface area (Å²) in [6.07, 6.45) is 4.95. The first kappa shape index (κ1) is 12.8. The molecule has 0 bridgehead atoms. The lowest BCUT2D eigenvalue weighted by atomic mass is 10.2. The smallest absolute Gasteiger partial charge is 0.226 e. The van der Waals surface area contributed by atoms with Crippen LogP contribution >= 0.6 is 0 Å². The number of hydrogen-bond acceptors (Lipinski definition) is 4. The molecular weight excluding hydrogens is 228 g/mol. The Balaban J connectivity index is 2.01. The molecule has 0 saturated heterocycles. The predicted octanol–water partition coefficient (Wildman–Crippen LogP) is 2.15. The number of nitrogens with one attached hydrogen (secondary N) is 1. The highest BCUT2D eigenvalue weighted by Crippen LogP contribution is 2.13. The Morgan fingerprint density at radius 2 is 2.28 bits per heavy atom. The lowest BCUT2D eigenvalue weighted by Crippen LogP contribution is -2.17. The normalized spacial score (nSPS) is 12.8. The standard InChI is InChI=1S/C13H20N4O/c1-4-13-15-12(16-18-13)9-17-7-6-11(8-17)10(3)14-5-2/h6-8,10,14H,4-5,9H2,1-3H3. The van der Waals surface area contributed by atoms with Gasteiger partial charge in [-0.15, -0.1) is 0 Å². The molecule has 2 aromatic rings. The van der Waals surface area contributed by atoms with Crippen LogP contribution in [0.3, 0.4) is 0 Å². The molecule has 5 heteroatoms. The molecule has 1 atom stereocenters. The van der Waals surface area contributed by atoms with Crippen LogP contribution in [0.5, 0.6) is 0 Å². The molecule has 2 aromatic heterocycles. The highest BCUT2D eigenvalue weighted by molar-refractivity contribution is 5.15. The largest absolute Gasteiger partial charge is 0.346 e. The van der Waals surface area contributed by atoms with Gasteiger partial charge in [-0.05, 0) is 25.1 Å². The van der Waals surface area contributed by atoms with Crippen LogP contribution in [-0.4, -0.2) is 21.3 Å². The number of rotatable bonds is 6. The van der Waals surface area contributed by atoms with Crippen molar-refractivity contribution in [3.63, 3.8) is 0 Å². The van der Waals surface area contributed by atoms with Gasteiger partial charge in [0, 0.05) is 24.9 Å². The average molecular weight is 248 g/mol. The van der Waals surface area contributed by atoms with Gasteiger partial charge in [-0.3, -0.25) is 0 Å². The molecule has 0 amide bonds. The molecule has 2 rings (SSSR count). The van der Waals surface area contributed by atoms with E-state index in [-0.39, 0.29) is 0 Å². The lowest BCUT2D eigenvalue weighted by Gasteiger charge is -2.09. The van der Waals surface area contributed by atoms with E-state index >= 15 is 0 Å². The summed E-state index contributed by atoms with van der Waals surface area (Å²) in [7, 11) is 0. The third-order valence-corrected chi connectivity index (χ3v) is 2.92. The van der Waals surface area contributed by atoms with Crippen molar-refractivity contribution in [2.75, 3.05) is 6.54 Å². The Kier molecular flexibility index (Phi) is 4.15. The lowest BCUT2D eigenvalue weighted by molar-refractivity contribution is 0.375. The molecule has 0 fully saturated rings. The maximum atomic E-state index is 5.09. The molecule has 0 radical (unpaired) electrons. The summed E-state index contributed by atoms with van der Waals surface area (Å²) >= 11 is 0. The Bertz CT molecular complexity index is 489. The van der Waals surface area contributed by atoms with Crippen LogP contribution in [0, 0.1) is 0 Å². The Labute approximate surface area is 107 Å².